The van der Waals surface area contributed by atoms with Crippen LogP contribution >= 0.6 is 47.8 Å². The van der Waals surface area contributed by atoms with Gasteiger partial charge in [0.05, 0.1) is 44.5 Å². The highest BCUT2D eigenvalue weighted by Crippen LogP contribution is 2.42. The summed E-state index contributed by atoms with van der Waals surface area (Å²) in [5, 5.41) is 0. The summed E-state index contributed by atoms with van der Waals surface area (Å²) < 4.78 is 347. The van der Waals surface area contributed by atoms with Gasteiger partial charge in [0.25, 0.3) is 8.02 Å². The highest BCUT2D eigenvalue weighted by Gasteiger charge is 2.47. The second-order valence-electron chi connectivity index (χ2n) is 16.3. The molecule has 0 saturated carbocycles. The number of benzene rings is 5. The Bertz CT molecular complexity index is 2660. The van der Waals surface area contributed by atoms with Crippen molar-refractivity contribution in [2.24, 2.45) is 0 Å². The van der Waals surface area contributed by atoms with Gasteiger partial charge in [-0.3, -0.25) is 0 Å². The Morgan fingerprint density at radius 2 is 0.623 bits per heavy atom. The van der Waals surface area contributed by atoms with E-state index in [0.717, 1.165) is 5.56 Å². The summed E-state index contributed by atoms with van der Waals surface area (Å²) in [5.74, 6) is -0.438. The maximum atomic E-state index is 14.2. The molecule has 6 aromatic rings. The zero-order valence-corrected chi connectivity index (χ0v) is 41.6. The van der Waals surface area contributed by atoms with Crippen molar-refractivity contribution in [1.29, 1.82) is 0 Å². The van der Waals surface area contributed by atoms with Crippen molar-refractivity contribution in [3.8, 4) is 0 Å². The average Bonchev–Trinajstić information content (AvgIpc) is 3.27. The third-order valence-electron chi connectivity index (χ3n) is 11.0. The number of carbonyl (C=O) groups is 1. The molecule has 0 aliphatic carbocycles. The number of carbonyl (C=O) groups excluding carboxylic acids is 1. The van der Waals surface area contributed by atoms with Crippen LogP contribution in [0.3, 0.4) is 0 Å². The summed E-state index contributed by atoms with van der Waals surface area (Å²) in [6.07, 6.45) is -53.0. The topological polar surface area (TPSA) is 30.2 Å². The molecule has 0 fully saturated rings. The molecule has 77 heavy (non-hydrogen) atoms. The Hall–Kier alpha value is -5.46. The molecule has 0 bridgehead atoms. The third-order valence-corrected chi connectivity index (χ3v) is 11.5. The molecule has 0 spiro atoms. The SMILES string of the molecule is FC(F)(F)c1cc([B-](c2cc(C(F)(F)F)cc(C(F)(F)F)c2)(c2cc(C(F)(F)F)cc(C(F)(F)F)c2)c2cc(C(F)(F)F)cc(C(F)(F)F)c2)cc(C(F)(F)F)c1.O=C(OC(Br)(Br)Br)c1cccc[n+]1Cc1ccccc1. The highest BCUT2D eigenvalue weighted by molar-refractivity contribution is 9.39. The minimum absolute atomic E-state index is 0.438. The van der Waals surface area contributed by atoms with Crippen LogP contribution in [0, 0.1) is 0 Å². The Labute approximate surface area is 441 Å². The number of pyridine rings is 1. The first-order valence-electron chi connectivity index (χ1n) is 20.4. The van der Waals surface area contributed by atoms with Crippen LogP contribution in [-0.2, 0) is 60.7 Å². The maximum absolute atomic E-state index is 14.2. The first-order valence-corrected chi connectivity index (χ1v) is 22.8. The lowest BCUT2D eigenvalue weighted by Gasteiger charge is -2.46. The van der Waals surface area contributed by atoms with E-state index in [1.54, 1.807) is 12.1 Å². The predicted octanol–water partition coefficient (Wildman–Crippen LogP) is 15.2. The highest BCUT2D eigenvalue weighted by atomic mass is 80.0. The zero-order chi connectivity index (χ0) is 58.5. The lowest BCUT2D eigenvalue weighted by atomic mass is 9.12. The van der Waals surface area contributed by atoms with Gasteiger partial charge in [-0.05, 0) is 78.1 Å². The number of esters is 1. The molecule has 31 heteroatoms. The monoisotopic (exact) mass is 1320 g/mol. The zero-order valence-electron chi connectivity index (χ0n) is 36.9. The van der Waals surface area contributed by atoms with Crippen molar-refractivity contribution in [1.82, 2.24) is 0 Å². The average molecular weight is 1330 g/mol. The first kappa shape index (κ1) is 62.4. The second kappa shape index (κ2) is 21.6. The maximum Gasteiger partial charge on any atom is 0.416 e. The normalized spacial score (nSPS) is 13.5. The molecule has 1 heterocycles. The van der Waals surface area contributed by atoms with Gasteiger partial charge in [-0.25, -0.2) is 4.79 Å². The van der Waals surface area contributed by atoms with Gasteiger partial charge in [-0.1, -0.05) is 78.9 Å². The number of rotatable bonds is 7. The molecule has 3 nitrogen and oxygen atoms in total. The largest absolute Gasteiger partial charge is 0.419 e. The Morgan fingerprint density at radius 1 is 0.377 bits per heavy atom. The number of aromatic nitrogens is 1. The van der Waals surface area contributed by atoms with Crippen molar-refractivity contribution in [3.63, 3.8) is 0 Å². The van der Waals surface area contributed by atoms with Gasteiger partial charge in [0, 0.05) is 17.7 Å². The van der Waals surface area contributed by atoms with Crippen LogP contribution in [-0.4, -0.2) is 14.4 Å². The van der Waals surface area contributed by atoms with Crippen molar-refractivity contribution in [2.75, 3.05) is 0 Å². The quantitative estimate of drug-likeness (QED) is 0.0524. The molecule has 6 rings (SSSR count). The van der Waals surface area contributed by atoms with E-state index in [1.807, 2.05) is 47.2 Å². The van der Waals surface area contributed by atoms with Crippen LogP contribution in [0.1, 0.15) is 60.6 Å². The molecular formula is C46H23BBr3F24NO2. The molecule has 1 aromatic heterocycles. The molecule has 0 radical (unpaired) electrons. The Morgan fingerprint density at radius 3 is 0.857 bits per heavy atom. The molecular weight excluding hydrogens is 1300 g/mol. The van der Waals surface area contributed by atoms with E-state index in [-0.39, 0.29) is 0 Å². The molecule has 0 N–H and O–H groups in total. The predicted molar refractivity (Wildman–Crippen MR) is 237 cm³/mol. The minimum Gasteiger partial charge on any atom is -0.419 e. The minimum atomic E-state index is -6.13. The lowest BCUT2D eigenvalue weighted by molar-refractivity contribution is -0.690. The van der Waals surface area contributed by atoms with Crippen molar-refractivity contribution >= 4 is 81.8 Å². The Kier molecular flexibility index (Phi) is 17.5. The number of nitrogens with zero attached hydrogens (tertiary/aromatic N) is 1. The number of ether oxygens (including phenoxy) is 1. The van der Waals surface area contributed by atoms with E-state index < -0.39 is 203 Å². The van der Waals surface area contributed by atoms with E-state index in [0.29, 0.717) is 12.2 Å². The van der Waals surface area contributed by atoms with Gasteiger partial charge in [0.15, 0.2) is 12.7 Å². The van der Waals surface area contributed by atoms with E-state index in [1.165, 1.54) is 0 Å². The van der Waals surface area contributed by atoms with E-state index in [4.69, 9.17) is 4.74 Å². The van der Waals surface area contributed by atoms with Crippen LogP contribution in [0.5, 0.6) is 0 Å². The fraction of sp³-hybridized carbons (Fsp3) is 0.217. The van der Waals surface area contributed by atoms with Crippen LogP contribution in [0.25, 0.3) is 0 Å². The number of hydrogen-bond donors (Lipinski definition) is 0. The molecule has 0 atom stereocenters. The summed E-state index contributed by atoms with van der Waals surface area (Å²) in [6.45, 7) is 0.603. The fourth-order valence-electron chi connectivity index (χ4n) is 7.81. The molecule has 0 unspecified atom stereocenters. The van der Waals surface area contributed by atoms with Crippen molar-refractivity contribution < 1.29 is 119 Å². The first-order chi connectivity index (χ1) is 34.7. The summed E-state index contributed by atoms with van der Waals surface area (Å²) in [7, 11) is 0. The molecule has 0 saturated heterocycles. The summed E-state index contributed by atoms with van der Waals surface area (Å²) in [6, 6.07) is 6.52. The lowest BCUT2D eigenvalue weighted by Crippen LogP contribution is -2.75. The molecule has 5 aromatic carbocycles. The van der Waals surface area contributed by atoms with Gasteiger partial charge in [0.1, 0.15) is 6.15 Å². The van der Waals surface area contributed by atoms with Gasteiger partial charge in [-0.15, -0.1) is 0 Å². The second-order valence-corrected chi connectivity index (χ2v) is 22.8. The fourth-order valence-corrected chi connectivity index (χ4v) is 8.25. The van der Waals surface area contributed by atoms with E-state index >= 15 is 0 Å². The Balaban J connectivity index is 0.000000455. The van der Waals surface area contributed by atoms with Crippen LogP contribution in [0.15, 0.2) is 128 Å². The number of alkyl halides is 27. The molecule has 0 aliphatic rings. The summed E-state index contributed by atoms with van der Waals surface area (Å²) >= 11 is 9.45. The van der Waals surface area contributed by atoms with Gasteiger partial charge >= 0.3 is 55.4 Å². The summed E-state index contributed by atoms with van der Waals surface area (Å²) in [4.78, 5) is 12.1. The summed E-state index contributed by atoms with van der Waals surface area (Å²) in [5.41, 5.74) is -28.6. The van der Waals surface area contributed by atoms with Crippen LogP contribution in [0.4, 0.5) is 105 Å². The van der Waals surface area contributed by atoms with Crippen LogP contribution in [0.2, 0.25) is 0 Å². The van der Waals surface area contributed by atoms with Crippen LogP contribution < -0.4 is 26.4 Å². The van der Waals surface area contributed by atoms with Gasteiger partial charge < -0.3 is 4.74 Å². The standard InChI is InChI=1S/C32H12BF24.C14H11Br3NO2/c34-25(35,36)13-1-14(26(37,38)39)6-21(5-13)33(22-7-15(27(40,41)42)2-16(8-22)28(43,44)45,23-9-17(29(46,47)48)3-18(10-23)30(49,50)51)24-11-19(31(52,53)54)4-20(12-24)32(55,56)57;15-14(16,17)20-13(19)12-8-4-5-9-18(12)10-11-6-2-1-3-7-11/h1-12H;1-9H,10H2/q-1;+1. The number of halogens is 27. The van der Waals surface area contributed by atoms with Gasteiger partial charge in [-0.2, -0.15) is 132 Å². The van der Waals surface area contributed by atoms with Crippen molar-refractivity contribution in [3.05, 3.63) is 183 Å². The third kappa shape index (κ3) is 15.4. The smallest absolute Gasteiger partial charge is 0.416 e. The van der Waals surface area contributed by atoms with E-state index in [2.05, 4.69) is 47.8 Å². The molecule has 0 aliphatic heterocycles. The molecule has 416 valence electrons. The van der Waals surface area contributed by atoms with Gasteiger partial charge in [0.2, 0.25) is 0 Å². The molecule has 0 amide bonds. The van der Waals surface area contributed by atoms with E-state index in [9.17, 15) is 110 Å². The number of hydrogen-bond acceptors (Lipinski definition) is 2. The van der Waals surface area contributed by atoms with Crippen molar-refractivity contribution in [2.45, 2.75) is 58.3 Å².